The highest BCUT2D eigenvalue weighted by molar-refractivity contribution is 7.98. The van der Waals surface area contributed by atoms with E-state index in [1.165, 1.54) is 18.9 Å². The summed E-state index contributed by atoms with van der Waals surface area (Å²) in [6.07, 6.45) is 6.56. The average Bonchev–Trinajstić information content (AvgIpc) is 3.14. The molecule has 1 aromatic carbocycles. The zero-order chi connectivity index (χ0) is 16.9. The summed E-state index contributed by atoms with van der Waals surface area (Å²) in [6, 6.07) is 9.23. The number of aromatic carboxylic acids is 1. The minimum absolute atomic E-state index is 0.174. The Hall–Kier alpha value is -2.73. The summed E-state index contributed by atoms with van der Waals surface area (Å²) in [6.45, 7) is 0. The van der Waals surface area contributed by atoms with Gasteiger partial charge in [0.15, 0.2) is 0 Å². The number of ether oxygens (including phenoxy) is 1. The van der Waals surface area contributed by atoms with Crippen LogP contribution < -0.4 is 4.74 Å². The summed E-state index contributed by atoms with van der Waals surface area (Å²) in [7, 11) is 1.48. The van der Waals surface area contributed by atoms with Crippen LogP contribution in [0.25, 0.3) is 11.1 Å². The SMILES string of the molecule is COc1c(-c2ccoc2)ccc(CSc2cccnc2)c1C(=O)O. The van der Waals surface area contributed by atoms with Crippen LogP contribution in [0.5, 0.6) is 5.75 Å². The Morgan fingerprint density at radius 3 is 2.83 bits per heavy atom. The van der Waals surface area contributed by atoms with Gasteiger partial charge in [-0.1, -0.05) is 12.1 Å². The number of thioether (sulfide) groups is 1. The van der Waals surface area contributed by atoms with Crippen LogP contribution in [0.3, 0.4) is 0 Å². The molecule has 0 amide bonds. The fourth-order valence-electron chi connectivity index (χ4n) is 2.43. The fourth-order valence-corrected chi connectivity index (χ4v) is 3.30. The van der Waals surface area contributed by atoms with E-state index in [9.17, 15) is 9.90 Å². The lowest BCUT2D eigenvalue weighted by atomic mass is 9.99. The Kier molecular flexibility index (Phi) is 4.86. The third kappa shape index (κ3) is 3.28. The van der Waals surface area contributed by atoms with E-state index in [0.717, 1.165) is 10.5 Å². The van der Waals surface area contributed by atoms with Crippen LogP contribution in [0.1, 0.15) is 15.9 Å². The summed E-state index contributed by atoms with van der Waals surface area (Å²) in [5.41, 5.74) is 2.34. The number of rotatable bonds is 6. The second-order valence-corrected chi connectivity index (χ2v) is 6.02. The number of hydrogen-bond donors (Lipinski definition) is 1. The molecule has 2 heterocycles. The molecule has 0 bridgehead atoms. The highest BCUT2D eigenvalue weighted by Crippen LogP contribution is 2.37. The van der Waals surface area contributed by atoms with Crippen LogP contribution in [-0.2, 0) is 5.75 Å². The molecule has 5 nitrogen and oxygen atoms in total. The number of carbonyl (C=O) groups is 1. The van der Waals surface area contributed by atoms with Crippen molar-refractivity contribution in [2.24, 2.45) is 0 Å². The lowest BCUT2D eigenvalue weighted by molar-refractivity contribution is 0.0692. The first kappa shape index (κ1) is 16.1. The molecule has 0 aliphatic rings. The van der Waals surface area contributed by atoms with E-state index < -0.39 is 5.97 Å². The average molecular weight is 341 g/mol. The third-order valence-electron chi connectivity index (χ3n) is 3.52. The van der Waals surface area contributed by atoms with Crippen LogP contribution >= 0.6 is 11.8 Å². The first-order valence-electron chi connectivity index (χ1n) is 7.19. The summed E-state index contributed by atoms with van der Waals surface area (Å²) in [5.74, 6) is -0.165. The maximum Gasteiger partial charge on any atom is 0.339 e. The number of hydrogen-bond acceptors (Lipinski definition) is 5. The Labute approximate surface area is 143 Å². The van der Waals surface area contributed by atoms with E-state index in [1.54, 1.807) is 31.0 Å². The summed E-state index contributed by atoms with van der Waals surface area (Å²) in [4.78, 5) is 16.9. The predicted octanol–water partition coefficient (Wildman–Crippen LogP) is 4.34. The van der Waals surface area contributed by atoms with Gasteiger partial charge in [-0.2, -0.15) is 0 Å². The minimum Gasteiger partial charge on any atom is -0.495 e. The van der Waals surface area contributed by atoms with Gasteiger partial charge in [0, 0.05) is 34.2 Å². The van der Waals surface area contributed by atoms with Gasteiger partial charge in [-0.05, 0) is 23.8 Å². The van der Waals surface area contributed by atoms with Gasteiger partial charge in [-0.25, -0.2) is 4.79 Å². The van der Waals surface area contributed by atoms with Gasteiger partial charge in [0.1, 0.15) is 11.3 Å². The second-order valence-electron chi connectivity index (χ2n) is 4.98. The van der Waals surface area contributed by atoms with E-state index in [0.29, 0.717) is 22.6 Å². The largest absolute Gasteiger partial charge is 0.495 e. The van der Waals surface area contributed by atoms with Crippen LogP contribution in [0, 0.1) is 0 Å². The van der Waals surface area contributed by atoms with Gasteiger partial charge in [-0.3, -0.25) is 4.98 Å². The van der Waals surface area contributed by atoms with Gasteiger partial charge in [0.2, 0.25) is 0 Å². The molecule has 0 aliphatic heterocycles. The lowest BCUT2D eigenvalue weighted by Gasteiger charge is -2.14. The van der Waals surface area contributed by atoms with Crippen LogP contribution in [-0.4, -0.2) is 23.2 Å². The lowest BCUT2D eigenvalue weighted by Crippen LogP contribution is -2.06. The number of pyridine rings is 1. The standard InChI is InChI=1S/C18H15NO4S/c1-22-17-15(12-6-8-23-10-12)5-4-13(16(17)18(20)21)11-24-14-3-2-7-19-9-14/h2-10H,11H2,1H3,(H,20,21). The number of furan rings is 1. The predicted molar refractivity (Wildman–Crippen MR) is 91.5 cm³/mol. The number of aromatic nitrogens is 1. The van der Waals surface area contributed by atoms with Gasteiger partial charge in [0.05, 0.1) is 19.6 Å². The monoisotopic (exact) mass is 341 g/mol. The normalized spacial score (nSPS) is 10.5. The number of benzene rings is 1. The van der Waals surface area contributed by atoms with Gasteiger partial charge in [0.25, 0.3) is 0 Å². The molecule has 2 aromatic heterocycles. The van der Waals surface area contributed by atoms with E-state index in [-0.39, 0.29) is 5.56 Å². The first-order valence-corrected chi connectivity index (χ1v) is 8.18. The zero-order valence-corrected chi connectivity index (χ0v) is 13.7. The van der Waals surface area contributed by atoms with Gasteiger partial charge >= 0.3 is 5.97 Å². The second kappa shape index (κ2) is 7.23. The first-order chi connectivity index (χ1) is 11.7. The molecule has 0 radical (unpaired) electrons. The van der Waals surface area contributed by atoms with E-state index in [1.807, 2.05) is 24.3 Å². The molecule has 0 spiro atoms. The van der Waals surface area contributed by atoms with Crippen LogP contribution in [0.15, 0.2) is 64.6 Å². The molecule has 0 saturated heterocycles. The zero-order valence-electron chi connectivity index (χ0n) is 12.9. The van der Waals surface area contributed by atoms with Crippen LogP contribution in [0.2, 0.25) is 0 Å². The number of nitrogens with zero attached hydrogens (tertiary/aromatic N) is 1. The van der Waals surface area contributed by atoms with Crippen molar-refractivity contribution in [3.05, 3.63) is 66.4 Å². The van der Waals surface area contributed by atoms with Crippen molar-refractivity contribution in [3.8, 4) is 16.9 Å². The molecular formula is C18H15NO4S. The number of carboxylic acids is 1. The molecular weight excluding hydrogens is 326 g/mol. The quantitative estimate of drug-likeness (QED) is 0.672. The van der Waals surface area contributed by atoms with Crippen molar-refractivity contribution >= 4 is 17.7 Å². The molecule has 0 fully saturated rings. The van der Waals surface area contributed by atoms with Crippen molar-refractivity contribution in [2.45, 2.75) is 10.6 Å². The van der Waals surface area contributed by atoms with Crippen molar-refractivity contribution in [1.29, 1.82) is 0 Å². The Morgan fingerprint density at radius 1 is 1.33 bits per heavy atom. The van der Waals surface area contributed by atoms with Crippen LogP contribution in [0.4, 0.5) is 0 Å². The Balaban J connectivity index is 1.99. The van der Waals surface area contributed by atoms with E-state index >= 15 is 0 Å². The molecule has 0 atom stereocenters. The molecule has 24 heavy (non-hydrogen) atoms. The molecule has 1 N–H and O–H groups in total. The number of methoxy groups -OCH3 is 1. The molecule has 0 aliphatic carbocycles. The van der Waals surface area contributed by atoms with Crippen molar-refractivity contribution in [1.82, 2.24) is 4.98 Å². The Bertz CT molecular complexity index is 832. The molecule has 3 rings (SSSR count). The molecule has 0 saturated carbocycles. The number of carboxylic acid groups (broad SMARTS) is 1. The molecule has 6 heteroatoms. The summed E-state index contributed by atoms with van der Waals surface area (Å²) >= 11 is 1.53. The topological polar surface area (TPSA) is 72.6 Å². The molecule has 3 aromatic rings. The summed E-state index contributed by atoms with van der Waals surface area (Å²) < 4.78 is 10.5. The van der Waals surface area contributed by atoms with Crippen molar-refractivity contribution in [2.75, 3.05) is 7.11 Å². The van der Waals surface area contributed by atoms with Gasteiger partial charge < -0.3 is 14.3 Å². The maximum absolute atomic E-state index is 11.8. The highest BCUT2D eigenvalue weighted by Gasteiger charge is 2.21. The third-order valence-corrected chi connectivity index (χ3v) is 4.55. The molecule has 122 valence electrons. The smallest absolute Gasteiger partial charge is 0.339 e. The fraction of sp³-hybridized carbons (Fsp3) is 0.111. The Morgan fingerprint density at radius 2 is 2.21 bits per heavy atom. The van der Waals surface area contributed by atoms with E-state index in [2.05, 4.69) is 4.98 Å². The minimum atomic E-state index is -1.01. The van der Waals surface area contributed by atoms with E-state index in [4.69, 9.17) is 9.15 Å². The van der Waals surface area contributed by atoms with Crippen molar-refractivity contribution < 1.29 is 19.1 Å². The summed E-state index contributed by atoms with van der Waals surface area (Å²) in [5, 5.41) is 9.67. The molecule has 0 unspecified atom stereocenters. The van der Waals surface area contributed by atoms with Gasteiger partial charge in [-0.15, -0.1) is 11.8 Å². The maximum atomic E-state index is 11.8. The highest BCUT2D eigenvalue weighted by atomic mass is 32.2. The van der Waals surface area contributed by atoms with Crippen molar-refractivity contribution in [3.63, 3.8) is 0 Å².